The van der Waals surface area contributed by atoms with E-state index in [1.165, 1.54) is 25.7 Å². The van der Waals surface area contributed by atoms with Crippen molar-refractivity contribution in [3.63, 3.8) is 0 Å². The first-order valence-electron chi connectivity index (χ1n) is 11.8. The maximum Gasteiger partial charge on any atom is 0.243 e. The molecule has 0 fully saturated rings. The monoisotopic (exact) mass is 541 g/mol. The van der Waals surface area contributed by atoms with Crippen LogP contribution >= 0.6 is 0 Å². The Hall–Kier alpha value is -4.13. The molecule has 0 aliphatic carbocycles. The number of aryl methyl sites for hydroxylation is 1. The number of para-hydroxylation sites is 1. The largest absolute Gasteiger partial charge is 0.494 e. The van der Waals surface area contributed by atoms with Gasteiger partial charge in [-0.05, 0) is 37.6 Å². The maximum atomic E-state index is 13.5. The summed E-state index contributed by atoms with van der Waals surface area (Å²) >= 11 is 0. The van der Waals surface area contributed by atoms with Crippen molar-refractivity contribution >= 4 is 16.0 Å². The summed E-state index contributed by atoms with van der Waals surface area (Å²) in [6.07, 6.45) is 2.69. The van der Waals surface area contributed by atoms with Crippen LogP contribution in [0, 0.1) is 5.82 Å². The van der Waals surface area contributed by atoms with Crippen molar-refractivity contribution in [2.45, 2.75) is 38.4 Å². The quantitative estimate of drug-likeness (QED) is 0.318. The Labute approximate surface area is 220 Å². The molecule has 0 saturated heterocycles. The molecule has 1 aromatic carbocycles. The van der Waals surface area contributed by atoms with Crippen molar-refractivity contribution in [2.75, 3.05) is 18.9 Å². The van der Waals surface area contributed by atoms with E-state index >= 15 is 0 Å². The van der Waals surface area contributed by atoms with E-state index in [4.69, 9.17) is 9.47 Å². The molecular formula is C25H28FN7O4S. The maximum absolute atomic E-state index is 13.5. The molecule has 0 spiro atoms. The van der Waals surface area contributed by atoms with Crippen molar-refractivity contribution in [1.82, 2.24) is 29.7 Å². The van der Waals surface area contributed by atoms with Gasteiger partial charge in [-0.15, -0.1) is 10.2 Å². The lowest BCUT2D eigenvalue weighted by molar-refractivity contribution is 0.391. The number of nitrogens with one attached hydrogen (secondary N) is 1. The molecule has 0 saturated carbocycles. The highest BCUT2D eigenvalue weighted by Gasteiger charge is 2.32. The minimum absolute atomic E-state index is 0.0921. The van der Waals surface area contributed by atoms with Gasteiger partial charge in [-0.2, -0.15) is 0 Å². The third-order valence-corrected chi connectivity index (χ3v) is 8.02. The summed E-state index contributed by atoms with van der Waals surface area (Å²) in [4.78, 5) is 12.5. The highest BCUT2D eigenvalue weighted by Crippen LogP contribution is 2.37. The van der Waals surface area contributed by atoms with E-state index in [0.717, 1.165) is 18.1 Å². The lowest BCUT2D eigenvalue weighted by Gasteiger charge is -2.21. The van der Waals surface area contributed by atoms with E-state index in [2.05, 4.69) is 29.9 Å². The van der Waals surface area contributed by atoms with Crippen molar-refractivity contribution in [3.8, 4) is 28.7 Å². The number of rotatable bonds is 10. The first-order chi connectivity index (χ1) is 18.2. The predicted molar refractivity (Wildman–Crippen MR) is 139 cm³/mol. The van der Waals surface area contributed by atoms with E-state index < -0.39 is 27.0 Å². The summed E-state index contributed by atoms with van der Waals surface area (Å²) in [6.45, 7) is 5.14. The normalized spacial score (nSPS) is 13.1. The molecule has 0 bridgehead atoms. The second kappa shape index (κ2) is 11.1. The predicted octanol–water partition coefficient (Wildman–Crippen LogP) is 3.77. The van der Waals surface area contributed by atoms with Crippen LogP contribution in [0.1, 0.15) is 38.2 Å². The standard InChI is InChI=1S/C25H28FN7O4S/c1-6-18-9-7-10-19(29-18)24-30-31-25(33(24)22-20(36-4)11-8-12-21(22)37-5)32-38(34,35)16(3)15(2)23-27-13-17(26)14-28-23/h7-16H,6H2,1-5H3,(H,31,32). The molecule has 11 nitrogen and oxygen atoms in total. The topological polar surface area (TPSA) is 134 Å². The van der Waals surface area contributed by atoms with Gasteiger partial charge in [0.15, 0.2) is 11.6 Å². The Kier molecular flexibility index (Phi) is 7.86. The zero-order valence-electron chi connectivity index (χ0n) is 21.6. The van der Waals surface area contributed by atoms with Crippen LogP contribution in [0.15, 0.2) is 48.8 Å². The number of methoxy groups -OCH3 is 2. The molecule has 4 aromatic rings. The Bertz CT molecular complexity index is 1500. The van der Waals surface area contributed by atoms with Crippen LogP contribution in [0.25, 0.3) is 17.2 Å². The van der Waals surface area contributed by atoms with Crippen LogP contribution in [0.3, 0.4) is 0 Å². The van der Waals surface area contributed by atoms with Crippen LogP contribution in [-0.2, 0) is 16.4 Å². The molecular weight excluding hydrogens is 513 g/mol. The van der Waals surface area contributed by atoms with Gasteiger partial charge in [0.25, 0.3) is 0 Å². The first kappa shape index (κ1) is 26.9. The highest BCUT2D eigenvalue weighted by atomic mass is 32.2. The molecule has 0 amide bonds. The van der Waals surface area contributed by atoms with Gasteiger partial charge >= 0.3 is 0 Å². The van der Waals surface area contributed by atoms with E-state index in [9.17, 15) is 12.8 Å². The molecule has 2 unspecified atom stereocenters. The number of hydrogen-bond acceptors (Lipinski definition) is 9. The Morgan fingerprint density at radius 2 is 1.63 bits per heavy atom. The Morgan fingerprint density at radius 3 is 2.24 bits per heavy atom. The minimum Gasteiger partial charge on any atom is -0.494 e. The summed E-state index contributed by atoms with van der Waals surface area (Å²) in [7, 11) is -1.08. The Balaban J connectivity index is 1.84. The summed E-state index contributed by atoms with van der Waals surface area (Å²) in [5.41, 5.74) is 1.70. The summed E-state index contributed by atoms with van der Waals surface area (Å²) in [5, 5.41) is 7.46. The third kappa shape index (κ3) is 5.28. The molecule has 0 aliphatic heterocycles. The van der Waals surface area contributed by atoms with Crippen LogP contribution < -0.4 is 14.2 Å². The van der Waals surface area contributed by atoms with E-state index in [-0.39, 0.29) is 17.6 Å². The smallest absolute Gasteiger partial charge is 0.243 e. The number of anilines is 1. The fraction of sp³-hybridized carbons (Fsp3) is 0.320. The van der Waals surface area contributed by atoms with Crippen molar-refractivity contribution in [3.05, 3.63) is 66.1 Å². The van der Waals surface area contributed by atoms with Crippen molar-refractivity contribution < 1.29 is 22.3 Å². The van der Waals surface area contributed by atoms with Crippen LogP contribution in [0.5, 0.6) is 11.5 Å². The van der Waals surface area contributed by atoms with Gasteiger partial charge in [0, 0.05) is 11.6 Å². The van der Waals surface area contributed by atoms with Gasteiger partial charge in [-0.25, -0.2) is 27.8 Å². The molecule has 38 heavy (non-hydrogen) atoms. The second-order valence-electron chi connectivity index (χ2n) is 8.46. The average molecular weight is 542 g/mol. The van der Waals surface area contributed by atoms with Gasteiger partial charge in [0.1, 0.15) is 28.7 Å². The summed E-state index contributed by atoms with van der Waals surface area (Å²) < 4.78 is 55.6. The summed E-state index contributed by atoms with van der Waals surface area (Å²) in [6, 6.07) is 10.7. The lowest BCUT2D eigenvalue weighted by atomic mass is 10.1. The van der Waals surface area contributed by atoms with Gasteiger partial charge in [0.2, 0.25) is 16.0 Å². The van der Waals surface area contributed by atoms with Gasteiger partial charge in [-0.1, -0.05) is 26.0 Å². The summed E-state index contributed by atoms with van der Waals surface area (Å²) in [5.74, 6) is -0.0843. The van der Waals surface area contributed by atoms with Gasteiger partial charge in [-0.3, -0.25) is 9.29 Å². The number of ether oxygens (including phenoxy) is 2. The lowest BCUT2D eigenvalue weighted by Crippen LogP contribution is -2.31. The van der Waals surface area contributed by atoms with Gasteiger partial charge < -0.3 is 9.47 Å². The molecule has 0 radical (unpaired) electrons. The van der Waals surface area contributed by atoms with Crippen LogP contribution in [-0.4, -0.2) is 57.6 Å². The molecule has 1 N–H and O–H groups in total. The van der Waals surface area contributed by atoms with Gasteiger partial charge in [0.05, 0.1) is 31.9 Å². The molecule has 0 aliphatic rings. The first-order valence-corrected chi connectivity index (χ1v) is 13.4. The molecule has 13 heteroatoms. The molecule has 3 aromatic heterocycles. The van der Waals surface area contributed by atoms with Crippen LogP contribution in [0.4, 0.5) is 10.3 Å². The number of halogens is 1. The van der Waals surface area contributed by atoms with Crippen molar-refractivity contribution in [2.24, 2.45) is 0 Å². The molecule has 4 rings (SSSR count). The van der Waals surface area contributed by atoms with E-state index in [1.807, 2.05) is 19.1 Å². The zero-order valence-corrected chi connectivity index (χ0v) is 22.4. The van der Waals surface area contributed by atoms with Crippen molar-refractivity contribution in [1.29, 1.82) is 0 Å². The number of benzene rings is 1. The Morgan fingerprint density at radius 1 is 1.00 bits per heavy atom. The number of pyridine rings is 1. The zero-order chi connectivity index (χ0) is 27.4. The third-order valence-electron chi connectivity index (χ3n) is 6.16. The molecule has 3 heterocycles. The number of nitrogens with zero attached hydrogens (tertiary/aromatic N) is 6. The molecule has 2 atom stereocenters. The minimum atomic E-state index is -4.07. The van der Waals surface area contributed by atoms with Crippen LogP contribution in [0.2, 0.25) is 0 Å². The number of sulfonamides is 1. The fourth-order valence-electron chi connectivity index (χ4n) is 3.84. The van der Waals surface area contributed by atoms with E-state index in [0.29, 0.717) is 29.3 Å². The SMILES string of the molecule is CCc1cccc(-c2nnc(NS(=O)(=O)C(C)C(C)c3ncc(F)cn3)n2-c2c(OC)cccc2OC)n1. The average Bonchev–Trinajstić information content (AvgIpc) is 3.34. The number of aromatic nitrogens is 6. The second-order valence-corrected chi connectivity index (χ2v) is 10.5. The fourth-order valence-corrected chi connectivity index (χ4v) is 5.07. The highest BCUT2D eigenvalue weighted by molar-refractivity contribution is 7.93. The number of hydrogen-bond donors (Lipinski definition) is 1. The van der Waals surface area contributed by atoms with E-state index in [1.54, 1.807) is 31.2 Å². The molecule has 200 valence electrons.